The Kier molecular flexibility index (Phi) is 3.98. The molecular formula is C17H23FN2O. The van der Waals surface area contributed by atoms with Gasteiger partial charge in [0.15, 0.2) is 0 Å². The monoisotopic (exact) mass is 290 g/mol. The highest BCUT2D eigenvalue weighted by molar-refractivity contribution is 5.80. The summed E-state index contributed by atoms with van der Waals surface area (Å²) in [7, 11) is 0. The lowest BCUT2D eigenvalue weighted by Gasteiger charge is -2.32. The van der Waals surface area contributed by atoms with Crippen LogP contribution in [0.15, 0.2) is 24.3 Å². The number of halogens is 1. The van der Waals surface area contributed by atoms with Gasteiger partial charge in [0.2, 0.25) is 5.91 Å². The summed E-state index contributed by atoms with van der Waals surface area (Å²) in [5.41, 5.74) is 6.63. The van der Waals surface area contributed by atoms with E-state index in [9.17, 15) is 9.18 Å². The van der Waals surface area contributed by atoms with Gasteiger partial charge in [-0.05, 0) is 49.8 Å². The Morgan fingerprint density at radius 2 is 1.86 bits per heavy atom. The fraction of sp³-hybridized carbons (Fsp3) is 0.588. The van der Waals surface area contributed by atoms with E-state index in [0.717, 1.165) is 50.5 Å². The fourth-order valence-electron chi connectivity index (χ4n) is 3.83. The molecule has 1 aromatic carbocycles. The lowest BCUT2D eigenvalue weighted by Crippen LogP contribution is -2.46. The van der Waals surface area contributed by atoms with Crippen LogP contribution in [0.3, 0.4) is 0 Å². The number of rotatable bonds is 3. The van der Waals surface area contributed by atoms with Crippen LogP contribution in [0.4, 0.5) is 4.39 Å². The van der Waals surface area contributed by atoms with Crippen LogP contribution in [0.25, 0.3) is 0 Å². The molecule has 0 spiro atoms. The van der Waals surface area contributed by atoms with Gasteiger partial charge in [0.25, 0.3) is 0 Å². The summed E-state index contributed by atoms with van der Waals surface area (Å²) in [6.45, 7) is 0. The van der Waals surface area contributed by atoms with Gasteiger partial charge >= 0.3 is 0 Å². The van der Waals surface area contributed by atoms with E-state index in [4.69, 9.17) is 5.73 Å². The molecule has 1 aromatic rings. The zero-order chi connectivity index (χ0) is 14.9. The topological polar surface area (TPSA) is 55.1 Å². The van der Waals surface area contributed by atoms with Gasteiger partial charge in [0, 0.05) is 12.0 Å². The van der Waals surface area contributed by atoms with Crippen molar-refractivity contribution in [1.82, 2.24) is 5.32 Å². The van der Waals surface area contributed by atoms with Crippen LogP contribution in [0, 0.1) is 11.7 Å². The molecule has 3 N–H and O–H groups in total. The Labute approximate surface area is 125 Å². The summed E-state index contributed by atoms with van der Waals surface area (Å²) < 4.78 is 13.1. The average molecular weight is 290 g/mol. The van der Waals surface area contributed by atoms with Crippen LogP contribution in [0.5, 0.6) is 0 Å². The molecule has 1 amide bonds. The van der Waals surface area contributed by atoms with E-state index in [1.165, 1.54) is 12.1 Å². The number of hydrogen-bond acceptors (Lipinski definition) is 2. The molecule has 3 rings (SSSR count). The first kappa shape index (κ1) is 14.5. The predicted octanol–water partition coefficient (Wildman–Crippen LogP) is 2.84. The quantitative estimate of drug-likeness (QED) is 0.899. The molecule has 4 heteroatoms. The zero-order valence-corrected chi connectivity index (χ0v) is 12.3. The number of nitrogens with one attached hydrogen (secondary N) is 1. The first-order valence-corrected chi connectivity index (χ1v) is 7.93. The smallest absolute Gasteiger partial charge is 0.223 e. The Hall–Kier alpha value is -1.42. The number of nitrogens with two attached hydrogens (primary N) is 1. The minimum atomic E-state index is -0.308. The van der Waals surface area contributed by atoms with Crippen LogP contribution < -0.4 is 11.1 Å². The molecule has 2 unspecified atom stereocenters. The normalized spacial score (nSPS) is 27.7. The highest BCUT2D eigenvalue weighted by Crippen LogP contribution is 2.39. The highest BCUT2D eigenvalue weighted by Gasteiger charge is 2.39. The minimum absolute atomic E-state index is 0.0397. The van der Waals surface area contributed by atoms with Gasteiger partial charge in [0.1, 0.15) is 5.82 Å². The number of hydrogen-bond donors (Lipinski definition) is 2. The maximum absolute atomic E-state index is 13.1. The van der Waals surface area contributed by atoms with Crippen LogP contribution in [0.2, 0.25) is 0 Å². The van der Waals surface area contributed by atoms with Crippen molar-refractivity contribution < 1.29 is 9.18 Å². The molecule has 2 aliphatic carbocycles. The van der Waals surface area contributed by atoms with Crippen LogP contribution >= 0.6 is 0 Å². The zero-order valence-electron chi connectivity index (χ0n) is 12.3. The molecule has 114 valence electrons. The van der Waals surface area contributed by atoms with Crippen molar-refractivity contribution in [3.63, 3.8) is 0 Å². The lowest BCUT2D eigenvalue weighted by atomic mass is 9.87. The second-order valence-corrected chi connectivity index (χ2v) is 6.56. The molecule has 21 heavy (non-hydrogen) atoms. The second-order valence-electron chi connectivity index (χ2n) is 6.56. The third kappa shape index (κ3) is 2.95. The number of benzene rings is 1. The van der Waals surface area contributed by atoms with Gasteiger partial charge in [-0.15, -0.1) is 0 Å². The third-order valence-electron chi connectivity index (χ3n) is 5.06. The van der Waals surface area contributed by atoms with Gasteiger partial charge in [-0.1, -0.05) is 25.0 Å². The van der Waals surface area contributed by atoms with Gasteiger partial charge < -0.3 is 11.1 Å². The molecular weight excluding hydrogens is 267 g/mol. The predicted molar refractivity (Wildman–Crippen MR) is 80.0 cm³/mol. The maximum atomic E-state index is 13.1. The Morgan fingerprint density at radius 1 is 1.19 bits per heavy atom. The average Bonchev–Trinajstić information content (AvgIpc) is 3.09. The molecule has 0 radical (unpaired) electrons. The summed E-state index contributed by atoms with van der Waals surface area (Å²) in [5.74, 6) is -0.0768. The van der Waals surface area contributed by atoms with Crippen molar-refractivity contribution in [1.29, 1.82) is 0 Å². The fourth-order valence-corrected chi connectivity index (χ4v) is 3.83. The first-order valence-electron chi connectivity index (χ1n) is 7.93. The summed E-state index contributed by atoms with van der Waals surface area (Å²) in [5, 5.41) is 3.27. The molecule has 0 aromatic heterocycles. The SMILES string of the molecule is NC1CCC(C(=O)NC2(c3ccc(F)cc3)CCCC2)C1. The van der Waals surface area contributed by atoms with E-state index >= 15 is 0 Å². The van der Waals surface area contributed by atoms with E-state index in [1.807, 2.05) is 0 Å². The molecule has 2 saturated carbocycles. The van der Waals surface area contributed by atoms with Crippen molar-refractivity contribution in [3.05, 3.63) is 35.6 Å². The van der Waals surface area contributed by atoms with Crippen LogP contribution in [-0.4, -0.2) is 11.9 Å². The largest absolute Gasteiger partial charge is 0.346 e. The van der Waals surface area contributed by atoms with E-state index in [0.29, 0.717) is 0 Å². The van der Waals surface area contributed by atoms with Gasteiger partial charge in [-0.25, -0.2) is 4.39 Å². The van der Waals surface area contributed by atoms with Crippen molar-refractivity contribution in [2.24, 2.45) is 11.7 Å². The van der Waals surface area contributed by atoms with Crippen molar-refractivity contribution in [2.75, 3.05) is 0 Å². The molecule has 3 nitrogen and oxygen atoms in total. The Balaban J connectivity index is 1.78. The van der Waals surface area contributed by atoms with E-state index in [1.54, 1.807) is 12.1 Å². The first-order chi connectivity index (χ1) is 10.1. The summed E-state index contributed by atoms with van der Waals surface area (Å²) in [4.78, 5) is 12.6. The molecule has 0 heterocycles. The van der Waals surface area contributed by atoms with E-state index in [2.05, 4.69) is 5.32 Å². The van der Waals surface area contributed by atoms with E-state index < -0.39 is 0 Å². The van der Waals surface area contributed by atoms with Crippen molar-refractivity contribution in [3.8, 4) is 0 Å². The Bertz CT molecular complexity index is 508. The molecule has 0 saturated heterocycles. The maximum Gasteiger partial charge on any atom is 0.223 e. The molecule has 0 aliphatic heterocycles. The van der Waals surface area contributed by atoms with Crippen LogP contribution in [-0.2, 0) is 10.3 Å². The number of carbonyl (C=O) groups is 1. The summed E-state index contributed by atoms with van der Waals surface area (Å²) in [6.07, 6.45) is 6.66. The molecule has 0 bridgehead atoms. The van der Waals surface area contributed by atoms with Crippen LogP contribution in [0.1, 0.15) is 50.5 Å². The van der Waals surface area contributed by atoms with Crippen molar-refractivity contribution >= 4 is 5.91 Å². The standard InChI is InChI=1S/C17H23FN2O/c18-14-6-4-13(5-7-14)17(9-1-2-10-17)20-16(21)12-3-8-15(19)11-12/h4-7,12,15H,1-3,8-11,19H2,(H,20,21). The minimum Gasteiger partial charge on any atom is -0.346 e. The second kappa shape index (κ2) is 5.76. The van der Waals surface area contributed by atoms with E-state index in [-0.39, 0.29) is 29.2 Å². The highest BCUT2D eigenvalue weighted by atomic mass is 19.1. The van der Waals surface area contributed by atoms with Crippen molar-refractivity contribution in [2.45, 2.75) is 56.5 Å². The lowest BCUT2D eigenvalue weighted by molar-refractivity contribution is -0.127. The van der Waals surface area contributed by atoms with Gasteiger partial charge in [-0.3, -0.25) is 4.79 Å². The summed E-state index contributed by atoms with van der Waals surface area (Å²) in [6, 6.07) is 6.73. The summed E-state index contributed by atoms with van der Waals surface area (Å²) >= 11 is 0. The van der Waals surface area contributed by atoms with Gasteiger partial charge in [0.05, 0.1) is 5.54 Å². The molecule has 2 fully saturated rings. The molecule has 2 atom stereocenters. The number of amides is 1. The van der Waals surface area contributed by atoms with Gasteiger partial charge in [-0.2, -0.15) is 0 Å². The third-order valence-corrected chi connectivity index (χ3v) is 5.06. The Morgan fingerprint density at radius 3 is 2.43 bits per heavy atom. The molecule has 2 aliphatic rings. The number of carbonyl (C=O) groups excluding carboxylic acids is 1.